The number of benzene rings is 2. The zero-order valence-electron chi connectivity index (χ0n) is 34.6. The van der Waals surface area contributed by atoms with E-state index in [2.05, 4.69) is 28.4 Å². The molecule has 17 heteroatoms. The molecule has 2 aliphatic rings. The summed E-state index contributed by atoms with van der Waals surface area (Å²) in [6.07, 6.45) is 16.3. The van der Waals surface area contributed by atoms with Crippen molar-refractivity contribution in [1.29, 1.82) is 0 Å². The first-order valence-electron chi connectivity index (χ1n) is 19.2. The number of nitrogens with zero attached hydrogens (tertiary/aromatic N) is 1. The third-order valence-electron chi connectivity index (χ3n) is 9.93. The number of amides is 2. The number of fused-ring (bicyclic) bond motifs is 4. The SMILES string of the molecule is C=C[C@H](C)[C@@H](NCCC[C@@H]1CCCN1C(=O)[C@@H](N)C(C)C)C(N)=O.COc1cccc2c1oc1c(=O)c3ccc(F)cc3[nH]c12.CSO.O.O.ONC1=CC=CCCC1. The predicted octanol–water partition coefficient (Wildman–Crippen LogP) is 5.34. The Kier molecular flexibility index (Phi) is 23.4. The van der Waals surface area contributed by atoms with Crippen LogP contribution in [0.4, 0.5) is 4.39 Å². The van der Waals surface area contributed by atoms with Crippen LogP contribution in [0.25, 0.3) is 33.0 Å². The quantitative estimate of drug-likeness (QED) is 0.0414. The maximum absolute atomic E-state index is 13.4. The summed E-state index contributed by atoms with van der Waals surface area (Å²) in [7, 11) is 1.54. The number of para-hydroxylation sites is 1. The molecule has 15 nitrogen and oxygen atoms in total. The van der Waals surface area contributed by atoms with Crippen molar-refractivity contribution in [1.82, 2.24) is 20.7 Å². The van der Waals surface area contributed by atoms with Gasteiger partial charge in [-0.15, -0.1) is 6.58 Å². The maximum atomic E-state index is 13.4. The van der Waals surface area contributed by atoms with E-state index in [-0.39, 0.29) is 51.7 Å². The van der Waals surface area contributed by atoms with Crippen LogP contribution in [0.3, 0.4) is 0 Å². The lowest BCUT2D eigenvalue weighted by Gasteiger charge is -2.29. The summed E-state index contributed by atoms with van der Waals surface area (Å²) in [5.74, 6) is 0.00146. The highest BCUT2D eigenvalue weighted by atomic mass is 32.2. The standard InChI is InChI=1S/C18H34N4O2.C16H10FNO3.C7H11NO.CH4OS.2H2O/c1-5-13(4)16(17(20)23)21-10-6-8-14-9-7-11-22(14)18(24)15(19)12(2)3;1-20-12-4-2-3-10-13-16(21-15(10)12)14(19)9-6-5-8(17)7-11(9)18-13;9-8-7-5-3-1-2-4-6-7;1-3-2;;/h5,12-16,21H,1,6-11,19H2,2-4H3,(H2,20,23);2-7H,1H3,(H,18,19);1,3,5,8-9H,2,4,6H2;2H,1H3;2*1H2/t13-,14+,15-,16+;;;;;/m0...../s1. The van der Waals surface area contributed by atoms with Crippen molar-refractivity contribution < 1.29 is 43.8 Å². The Labute approximate surface area is 348 Å². The third-order valence-corrected chi connectivity index (χ3v) is 9.93. The number of likely N-dealkylation sites (tertiary alicyclic amines) is 1. The summed E-state index contributed by atoms with van der Waals surface area (Å²) in [5.41, 5.74) is 15.9. The second-order valence-corrected chi connectivity index (χ2v) is 14.6. The van der Waals surface area contributed by atoms with E-state index in [1.165, 1.54) is 25.3 Å². The fraction of sp³-hybridized carbons (Fsp3) is 0.452. The van der Waals surface area contributed by atoms with Gasteiger partial charge in [-0.3, -0.25) is 25.1 Å². The number of H-pyrrole nitrogens is 1. The van der Waals surface area contributed by atoms with Crippen molar-refractivity contribution in [3.8, 4) is 5.75 Å². The molecular weight excluding hydrogens is 784 g/mol. The second kappa shape index (κ2) is 26.4. The number of hydroxylamine groups is 1. The second-order valence-electron chi connectivity index (χ2n) is 14.3. The molecule has 13 N–H and O–H groups in total. The molecule has 1 aliphatic carbocycles. The lowest BCUT2D eigenvalue weighted by atomic mass is 10.0. The van der Waals surface area contributed by atoms with Gasteiger partial charge in [0, 0.05) is 35.3 Å². The number of pyridine rings is 1. The minimum absolute atomic E-state index is 0. The Morgan fingerprint density at radius 3 is 2.51 bits per heavy atom. The van der Waals surface area contributed by atoms with Gasteiger partial charge >= 0.3 is 0 Å². The number of nitrogens with two attached hydrogens (primary N) is 2. The van der Waals surface area contributed by atoms with Crippen LogP contribution in [0.2, 0.25) is 0 Å². The molecule has 4 aromatic rings. The molecular formula is C42H63FN6O9S. The average molecular weight is 847 g/mol. The van der Waals surface area contributed by atoms with Gasteiger partial charge in [-0.2, -0.15) is 0 Å². The van der Waals surface area contributed by atoms with Crippen LogP contribution in [-0.2, 0) is 9.59 Å². The number of methoxy groups -OCH3 is 1. The molecule has 0 saturated carbocycles. The smallest absolute Gasteiger partial charge is 0.239 e. The molecule has 4 atom stereocenters. The predicted molar refractivity (Wildman–Crippen MR) is 235 cm³/mol. The molecule has 2 aromatic carbocycles. The Bertz CT molecular complexity index is 2050. The first-order chi connectivity index (χ1) is 27.3. The monoisotopic (exact) mass is 846 g/mol. The van der Waals surface area contributed by atoms with Crippen LogP contribution in [0.15, 0.2) is 82.2 Å². The third kappa shape index (κ3) is 14.5. The normalized spacial score (nSPS) is 16.0. The van der Waals surface area contributed by atoms with E-state index < -0.39 is 17.9 Å². The van der Waals surface area contributed by atoms with Crippen molar-refractivity contribution in [2.45, 2.75) is 83.8 Å². The first kappa shape index (κ1) is 52.3. The number of aromatic amines is 1. The summed E-state index contributed by atoms with van der Waals surface area (Å²) in [6, 6.07) is 8.85. The van der Waals surface area contributed by atoms with E-state index in [0.717, 1.165) is 74.6 Å². The zero-order valence-corrected chi connectivity index (χ0v) is 35.4. The summed E-state index contributed by atoms with van der Waals surface area (Å²) in [6.45, 7) is 11.1. The van der Waals surface area contributed by atoms with Crippen molar-refractivity contribution in [2.24, 2.45) is 23.3 Å². The number of nitrogens with one attached hydrogen (secondary N) is 3. The van der Waals surface area contributed by atoms with Gasteiger partial charge in [-0.05, 0) is 112 Å². The molecule has 328 valence electrons. The summed E-state index contributed by atoms with van der Waals surface area (Å²) in [5, 5.41) is 12.8. The molecule has 0 unspecified atom stereocenters. The minimum atomic E-state index is -0.420. The van der Waals surface area contributed by atoms with Gasteiger partial charge in [0.2, 0.25) is 17.2 Å². The number of carbonyl (C=O) groups is 2. The molecule has 3 heterocycles. The van der Waals surface area contributed by atoms with Crippen molar-refractivity contribution >= 4 is 56.8 Å². The highest BCUT2D eigenvalue weighted by Crippen LogP contribution is 2.33. The van der Waals surface area contributed by atoms with E-state index in [0.29, 0.717) is 34.3 Å². The van der Waals surface area contributed by atoms with Gasteiger partial charge in [0.25, 0.3) is 0 Å². The molecule has 2 amide bonds. The number of ether oxygens (including phenoxy) is 1. The topological polar surface area (TPSA) is 272 Å². The van der Waals surface area contributed by atoms with E-state index in [4.69, 9.17) is 30.4 Å². The Balaban J connectivity index is 0.000000452. The fourth-order valence-electron chi connectivity index (χ4n) is 6.66. The van der Waals surface area contributed by atoms with Crippen LogP contribution in [0, 0.1) is 17.7 Å². The number of primary amides is 1. The maximum Gasteiger partial charge on any atom is 0.239 e. The number of hydrogen-bond donors (Lipinski definition) is 7. The summed E-state index contributed by atoms with van der Waals surface area (Å²) < 4.78 is 31.8. The highest BCUT2D eigenvalue weighted by molar-refractivity contribution is 7.93. The van der Waals surface area contributed by atoms with Crippen molar-refractivity contribution in [3.63, 3.8) is 0 Å². The highest BCUT2D eigenvalue weighted by Gasteiger charge is 2.32. The molecule has 1 fully saturated rings. The van der Waals surface area contributed by atoms with Crippen LogP contribution in [0.1, 0.15) is 65.7 Å². The molecule has 0 spiro atoms. The largest absolute Gasteiger partial charge is 0.493 e. The Morgan fingerprint density at radius 1 is 1.17 bits per heavy atom. The lowest BCUT2D eigenvalue weighted by molar-refractivity contribution is -0.134. The van der Waals surface area contributed by atoms with Gasteiger partial charge < -0.3 is 51.3 Å². The van der Waals surface area contributed by atoms with Gasteiger partial charge in [0.05, 0.1) is 30.2 Å². The molecule has 0 bridgehead atoms. The van der Waals surface area contributed by atoms with Crippen molar-refractivity contribution in [3.05, 3.63) is 89.0 Å². The number of furan rings is 1. The van der Waals surface area contributed by atoms with Crippen LogP contribution in [0.5, 0.6) is 5.75 Å². The van der Waals surface area contributed by atoms with Gasteiger partial charge in [-0.1, -0.05) is 45.1 Å². The number of halogens is 1. The van der Waals surface area contributed by atoms with E-state index in [1.807, 2.05) is 50.0 Å². The van der Waals surface area contributed by atoms with E-state index >= 15 is 0 Å². The van der Waals surface area contributed by atoms with Crippen LogP contribution < -0.4 is 32.4 Å². The number of hydrogen-bond acceptors (Lipinski definition) is 11. The number of rotatable bonds is 12. The summed E-state index contributed by atoms with van der Waals surface area (Å²) in [4.78, 5) is 41.5. The Morgan fingerprint density at radius 2 is 1.88 bits per heavy atom. The summed E-state index contributed by atoms with van der Waals surface area (Å²) >= 11 is 0.750. The lowest BCUT2D eigenvalue weighted by Crippen LogP contribution is -2.48. The van der Waals surface area contributed by atoms with E-state index in [9.17, 15) is 18.8 Å². The molecule has 1 aliphatic heterocycles. The molecule has 1 saturated heterocycles. The molecule has 59 heavy (non-hydrogen) atoms. The fourth-order valence-corrected chi connectivity index (χ4v) is 6.66. The molecule has 2 aromatic heterocycles. The Hall–Kier alpha value is -4.75. The van der Waals surface area contributed by atoms with Crippen LogP contribution >= 0.6 is 12.0 Å². The van der Waals surface area contributed by atoms with Gasteiger partial charge in [-0.25, -0.2) is 4.39 Å². The van der Waals surface area contributed by atoms with Gasteiger partial charge in [0.15, 0.2) is 16.9 Å². The average Bonchev–Trinajstić information content (AvgIpc) is 3.73. The molecule has 6 rings (SSSR count). The van der Waals surface area contributed by atoms with E-state index in [1.54, 1.807) is 18.4 Å². The molecule has 0 radical (unpaired) electrons. The van der Waals surface area contributed by atoms with Gasteiger partial charge in [0.1, 0.15) is 5.82 Å². The first-order valence-corrected chi connectivity index (χ1v) is 20.4. The number of aromatic nitrogens is 1. The minimum Gasteiger partial charge on any atom is -0.493 e. The number of allylic oxidation sites excluding steroid dienone is 4. The zero-order chi connectivity index (χ0) is 42.1. The number of carbonyl (C=O) groups excluding carboxylic acids is 2. The van der Waals surface area contributed by atoms with Crippen molar-refractivity contribution in [2.75, 3.05) is 26.5 Å². The van der Waals surface area contributed by atoms with Crippen LogP contribution in [-0.4, -0.2) is 87.0 Å².